The van der Waals surface area contributed by atoms with Gasteiger partial charge in [0.1, 0.15) is 6.04 Å². The number of para-hydroxylation sites is 1. The molecule has 0 aliphatic heterocycles. The topological polar surface area (TPSA) is 91.8 Å². The minimum Gasteiger partial charge on any atom is -0.361 e. The largest absolute Gasteiger partial charge is 0.361 e. The van der Waals surface area contributed by atoms with Crippen LogP contribution >= 0.6 is 0 Å². The normalized spacial score (nSPS) is 12.9. The molecule has 7 heteroatoms. The Hall–Kier alpha value is -3.09. The highest BCUT2D eigenvalue weighted by molar-refractivity contribution is 5.98. The standard InChI is InChI=1S/C22H29N5O2/c1-14(2)20(28)26-19(10-15-11-23-18-9-7-6-8-17(15)18)21(29)25-16-12-24-27(13-16)22(3,4)5/h6-9,11-14,19,23H,10H2,1-5H3,(H,25,29)(H,26,28). The summed E-state index contributed by atoms with van der Waals surface area (Å²) in [6.07, 6.45) is 5.70. The molecule has 0 aliphatic rings. The van der Waals surface area contributed by atoms with E-state index in [0.29, 0.717) is 12.1 Å². The van der Waals surface area contributed by atoms with Crippen LogP contribution in [0.4, 0.5) is 5.69 Å². The van der Waals surface area contributed by atoms with Crippen LogP contribution in [0, 0.1) is 5.92 Å². The second-order valence-corrected chi connectivity index (χ2v) is 8.61. The summed E-state index contributed by atoms with van der Waals surface area (Å²) in [5.41, 5.74) is 2.41. The van der Waals surface area contributed by atoms with Gasteiger partial charge < -0.3 is 15.6 Å². The first-order valence-electron chi connectivity index (χ1n) is 9.86. The molecule has 7 nitrogen and oxygen atoms in total. The van der Waals surface area contributed by atoms with Crippen molar-refractivity contribution in [2.45, 2.75) is 52.6 Å². The zero-order valence-corrected chi connectivity index (χ0v) is 17.6. The summed E-state index contributed by atoms with van der Waals surface area (Å²) < 4.78 is 1.80. The van der Waals surface area contributed by atoms with Gasteiger partial charge in [0, 0.05) is 35.6 Å². The van der Waals surface area contributed by atoms with Gasteiger partial charge in [0.25, 0.3) is 0 Å². The Morgan fingerprint density at radius 1 is 1.17 bits per heavy atom. The maximum Gasteiger partial charge on any atom is 0.247 e. The van der Waals surface area contributed by atoms with Gasteiger partial charge in [-0.25, -0.2) is 0 Å². The number of carbonyl (C=O) groups excluding carboxylic acids is 2. The average Bonchev–Trinajstić information content (AvgIpc) is 3.28. The van der Waals surface area contributed by atoms with Crippen LogP contribution in [0.3, 0.4) is 0 Å². The van der Waals surface area contributed by atoms with Crippen molar-refractivity contribution in [3.8, 4) is 0 Å². The van der Waals surface area contributed by atoms with Gasteiger partial charge >= 0.3 is 0 Å². The fourth-order valence-corrected chi connectivity index (χ4v) is 3.05. The van der Waals surface area contributed by atoms with Gasteiger partial charge in [-0.3, -0.25) is 14.3 Å². The van der Waals surface area contributed by atoms with Crippen molar-refractivity contribution in [3.63, 3.8) is 0 Å². The number of benzene rings is 1. The highest BCUT2D eigenvalue weighted by Gasteiger charge is 2.24. The summed E-state index contributed by atoms with van der Waals surface area (Å²) in [6, 6.07) is 7.22. The lowest BCUT2D eigenvalue weighted by Crippen LogP contribution is -2.46. The zero-order valence-electron chi connectivity index (χ0n) is 17.6. The number of nitrogens with zero attached hydrogens (tertiary/aromatic N) is 2. The number of anilines is 1. The number of aromatic amines is 1. The van der Waals surface area contributed by atoms with Gasteiger partial charge in [0.2, 0.25) is 11.8 Å². The molecule has 29 heavy (non-hydrogen) atoms. The molecule has 0 fully saturated rings. The van der Waals surface area contributed by atoms with Crippen LogP contribution in [-0.2, 0) is 21.5 Å². The van der Waals surface area contributed by atoms with Crippen molar-refractivity contribution in [1.82, 2.24) is 20.1 Å². The number of H-pyrrole nitrogens is 1. The zero-order chi connectivity index (χ0) is 21.2. The molecule has 2 aromatic heterocycles. The molecule has 0 saturated carbocycles. The van der Waals surface area contributed by atoms with E-state index in [4.69, 9.17) is 0 Å². The monoisotopic (exact) mass is 395 g/mol. The first-order chi connectivity index (χ1) is 13.6. The third-order valence-corrected chi connectivity index (χ3v) is 4.79. The van der Waals surface area contributed by atoms with Crippen molar-refractivity contribution in [1.29, 1.82) is 0 Å². The molecule has 0 spiro atoms. The number of fused-ring (bicyclic) bond motifs is 1. The Bertz CT molecular complexity index is 1010. The molecular weight excluding hydrogens is 366 g/mol. The van der Waals surface area contributed by atoms with Crippen LogP contribution in [0.1, 0.15) is 40.2 Å². The second-order valence-electron chi connectivity index (χ2n) is 8.61. The number of amides is 2. The molecule has 1 unspecified atom stereocenters. The van der Waals surface area contributed by atoms with Crippen molar-refractivity contribution < 1.29 is 9.59 Å². The number of rotatable bonds is 6. The molecule has 0 bridgehead atoms. The van der Waals surface area contributed by atoms with E-state index in [1.54, 1.807) is 17.1 Å². The third-order valence-electron chi connectivity index (χ3n) is 4.79. The maximum atomic E-state index is 13.0. The molecule has 0 saturated heterocycles. The number of hydrogen-bond donors (Lipinski definition) is 3. The van der Waals surface area contributed by atoms with Crippen LogP contribution in [-0.4, -0.2) is 32.6 Å². The summed E-state index contributed by atoms with van der Waals surface area (Å²) in [6.45, 7) is 9.73. The van der Waals surface area contributed by atoms with Gasteiger partial charge in [-0.2, -0.15) is 5.10 Å². The summed E-state index contributed by atoms with van der Waals surface area (Å²) in [4.78, 5) is 28.6. The van der Waals surface area contributed by atoms with E-state index in [9.17, 15) is 9.59 Å². The van der Waals surface area contributed by atoms with Crippen molar-refractivity contribution in [3.05, 3.63) is 48.4 Å². The fraction of sp³-hybridized carbons (Fsp3) is 0.409. The molecule has 3 rings (SSSR count). The smallest absolute Gasteiger partial charge is 0.247 e. The number of nitrogens with one attached hydrogen (secondary N) is 3. The van der Waals surface area contributed by atoms with E-state index in [-0.39, 0.29) is 23.3 Å². The quantitative estimate of drug-likeness (QED) is 0.597. The summed E-state index contributed by atoms with van der Waals surface area (Å²) in [5, 5.41) is 11.1. The van der Waals surface area contributed by atoms with Crippen LogP contribution in [0.5, 0.6) is 0 Å². The summed E-state index contributed by atoms with van der Waals surface area (Å²) in [7, 11) is 0. The van der Waals surface area contributed by atoms with Crippen molar-refractivity contribution in [2.24, 2.45) is 5.92 Å². The fourth-order valence-electron chi connectivity index (χ4n) is 3.05. The molecular formula is C22H29N5O2. The number of hydrogen-bond acceptors (Lipinski definition) is 3. The minimum absolute atomic E-state index is 0.157. The molecule has 154 valence electrons. The first kappa shape index (κ1) is 20.6. The molecule has 1 atom stereocenters. The highest BCUT2D eigenvalue weighted by atomic mass is 16.2. The van der Waals surface area contributed by atoms with Gasteiger partial charge in [0.05, 0.1) is 17.4 Å². The molecule has 2 amide bonds. The molecule has 0 radical (unpaired) electrons. The maximum absolute atomic E-state index is 13.0. The lowest BCUT2D eigenvalue weighted by molar-refractivity contribution is -0.128. The lowest BCUT2D eigenvalue weighted by atomic mass is 10.0. The Labute approximate surface area is 170 Å². The summed E-state index contributed by atoms with van der Waals surface area (Å²) in [5.74, 6) is -0.634. The molecule has 0 aliphatic carbocycles. The van der Waals surface area contributed by atoms with Gasteiger partial charge in [-0.05, 0) is 32.4 Å². The van der Waals surface area contributed by atoms with Crippen molar-refractivity contribution >= 4 is 28.4 Å². The molecule has 3 aromatic rings. The molecule has 2 heterocycles. The van der Waals surface area contributed by atoms with Gasteiger partial charge in [-0.15, -0.1) is 0 Å². The molecule has 1 aromatic carbocycles. The highest BCUT2D eigenvalue weighted by Crippen LogP contribution is 2.20. The van der Waals surface area contributed by atoms with E-state index in [0.717, 1.165) is 16.5 Å². The minimum atomic E-state index is -0.693. The van der Waals surface area contributed by atoms with Gasteiger partial charge in [0.15, 0.2) is 0 Å². The van der Waals surface area contributed by atoms with E-state index in [1.807, 2.05) is 65.1 Å². The number of carbonyl (C=O) groups is 2. The van der Waals surface area contributed by atoms with Crippen LogP contribution in [0.2, 0.25) is 0 Å². The lowest BCUT2D eigenvalue weighted by Gasteiger charge is -2.20. The first-order valence-corrected chi connectivity index (χ1v) is 9.86. The van der Waals surface area contributed by atoms with E-state index in [1.165, 1.54) is 0 Å². The third kappa shape index (κ3) is 4.85. The predicted molar refractivity (Wildman–Crippen MR) is 115 cm³/mol. The molecule has 3 N–H and O–H groups in total. The van der Waals surface area contributed by atoms with Crippen molar-refractivity contribution in [2.75, 3.05) is 5.32 Å². The Balaban J connectivity index is 1.81. The summed E-state index contributed by atoms with van der Waals surface area (Å²) >= 11 is 0. The van der Waals surface area contributed by atoms with Gasteiger partial charge in [-0.1, -0.05) is 32.0 Å². The van der Waals surface area contributed by atoms with Crippen LogP contribution < -0.4 is 10.6 Å². The number of aromatic nitrogens is 3. The van der Waals surface area contributed by atoms with Crippen LogP contribution in [0.15, 0.2) is 42.9 Å². The second kappa shape index (κ2) is 8.11. The average molecular weight is 396 g/mol. The van der Waals surface area contributed by atoms with E-state index in [2.05, 4.69) is 20.7 Å². The Morgan fingerprint density at radius 3 is 2.55 bits per heavy atom. The Kier molecular flexibility index (Phi) is 5.77. The SMILES string of the molecule is CC(C)C(=O)NC(Cc1c[nH]c2ccccc12)C(=O)Nc1cnn(C(C)(C)C)c1. The van der Waals surface area contributed by atoms with Crippen LogP contribution in [0.25, 0.3) is 10.9 Å². The predicted octanol–water partition coefficient (Wildman–Crippen LogP) is 3.44. The van der Waals surface area contributed by atoms with E-state index < -0.39 is 6.04 Å². The Morgan fingerprint density at radius 2 is 1.90 bits per heavy atom. The van der Waals surface area contributed by atoms with E-state index >= 15 is 0 Å².